The van der Waals surface area contributed by atoms with Crippen molar-refractivity contribution in [1.29, 1.82) is 0 Å². The maximum atomic E-state index is 13.4. The van der Waals surface area contributed by atoms with E-state index in [1.54, 1.807) is 117 Å². The van der Waals surface area contributed by atoms with E-state index in [0.29, 0.717) is 22.5 Å². The lowest BCUT2D eigenvalue weighted by molar-refractivity contribution is -0.173. The van der Waals surface area contributed by atoms with Crippen LogP contribution in [0.3, 0.4) is 0 Å². The second kappa shape index (κ2) is 22.3. The Morgan fingerprint density at radius 1 is 0.603 bits per heavy atom. The van der Waals surface area contributed by atoms with Crippen LogP contribution in [0.5, 0.6) is 0 Å². The number of rotatable bonds is 12. The van der Waals surface area contributed by atoms with Crippen LogP contribution in [-0.2, 0) is 43.1 Å². The number of carbonyl (C=O) groups excluding carboxylic acids is 6. The molecule has 388 valence electrons. The molecule has 4 aromatic carbocycles. The molecule has 22 heteroatoms. The van der Waals surface area contributed by atoms with Gasteiger partial charge in [-0.2, -0.15) is 26.3 Å². The summed E-state index contributed by atoms with van der Waals surface area (Å²) in [7, 11) is 0. The highest BCUT2D eigenvalue weighted by Crippen LogP contribution is 2.32. The van der Waals surface area contributed by atoms with Crippen molar-refractivity contribution in [2.75, 3.05) is 42.5 Å². The molecule has 5 aromatic rings. The zero-order valence-corrected chi connectivity index (χ0v) is 40.6. The number of ether oxygens (including phenoxy) is 2. The van der Waals surface area contributed by atoms with Gasteiger partial charge in [0.1, 0.15) is 11.2 Å². The minimum atomic E-state index is -5.07. The second-order valence-corrected chi connectivity index (χ2v) is 19.1. The van der Waals surface area contributed by atoms with Gasteiger partial charge in [-0.1, -0.05) is 72.8 Å². The van der Waals surface area contributed by atoms with E-state index in [9.17, 15) is 55.1 Å². The smallest absolute Gasteiger partial charge is 0.444 e. The number of halogens is 6. The van der Waals surface area contributed by atoms with Crippen molar-refractivity contribution in [3.8, 4) is 11.5 Å². The van der Waals surface area contributed by atoms with Gasteiger partial charge in [-0.15, -0.1) is 10.2 Å². The average molecular weight is 1020 g/mol. The van der Waals surface area contributed by atoms with Gasteiger partial charge in [0.05, 0.1) is 31.5 Å². The second-order valence-electron chi connectivity index (χ2n) is 19.1. The number of likely N-dealkylation sites (tertiary alicyclic amines) is 2. The molecule has 0 atom stereocenters. The lowest BCUT2D eigenvalue weighted by atomic mass is 9.98. The van der Waals surface area contributed by atoms with Crippen molar-refractivity contribution in [3.05, 3.63) is 132 Å². The zero-order valence-electron chi connectivity index (χ0n) is 40.6. The number of amides is 5. The van der Waals surface area contributed by atoms with Crippen molar-refractivity contribution in [3.63, 3.8) is 0 Å². The zero-order chi connectivity index (χ0) is 53.5. The van der Waals surface area contributed by atoms with Gasteiger partial charge in [0.25, 0.3) is 0 Å². The Labute approximate surface area is 416 Å². The first-order chi connectivity index (χ1) is 34.1. The molecule has 0 radical (unpaired) electrons. The quantitative estimate of drug-likeness (QED) is 0.0929. The fraction of sp³-hybridized carbons (Fsp3) is 0.373. The summed E-state index contributed by atoms with van der Waals surface area (Å²) in [6.45, 7) is 11.2. The van der Waals surface area contributed by atoms with Gasteiger partial charge >= 0.3 is 36.3 Å². The van der Waals surface area contributed by atoms with Crippen LogP contribution in [0.4, 0.5) is 47.3 Å². The summed E-state index contributed by atoms with van der Waals surface area (Å²) in [5, 5.41) is 8.05. The minimum Gasteiger partial charge on any atom is -0.444 e. The summed E-state index contributed by atoms with van der Waals surface area (Å²) in [4.78, 5) is 80.4. The number of benzene rings is 4. The first kappa shape index (κ1) is 54.6. The number of hydrogen-bond donors (Lipinski definition) is 1. The Hall–Kier alpha value is -7.78. The highest BCUT2D eigenvalue weighted by molar-refractivity contribution is 6.00. The maximum absolute atomic E-state index is 13.4. The first-order valence-electron chi connectivity index (χ1n) is 22.8. The van der Waals surface area contributed by atoms with Crippen LogP contribution in [0.2, 0.25) is 0 Å². The van der Waals surface area contributed by atoms with Crippen molar-refractivity contribution < 1.29 is 69.0 Å². The van der Waals surface area contributed by atoms with Crippen LogP contribution in [0.15, 0.2) is 114 Å². The molecule has 73 heavy (non-hydrogen) atoms. The summed E-state index contributed by atoms with van der Waals surface area (Å²) in [6, 6.07) is 30.6. The molecule has 2 aliphatic rings. The number of carbonyl (C=O) groups is 6. The molecule has 16 nitrogen and oxygen atoms in total. The van der Waals surface area contributed by atoms with Crippen molar-refractivity contribution >= 4 is 47.1 Å². The number of nitrogens with one attached hydrogen (secondary N) is 1. The number of Topliss-reactive ketones (excluding diaryl/α,β-unsaturated/α-hetero) is 1. The number of para-hydroxylation sites is 2. The Balaban J connectivity index is 0.000000238. The van der Waals surface area contributed by atoms with Crippen LogP contribution < -0.4 is 15.1 Å². The van der Waals surface area contributed by atoms with Crippen LogP contribution in [-0.4, -0.2) is 106 Å². The molecule has 1 N–H and O–H groups in total. The molecule has 2 saturated heterocycles. The summed E-state index contributed by atoms with van der Waals surface area (Å²) >= 11 is 0. The van der Waals surface area contributed by atoms with E-state index >= 15 is 0 Å². The number of alkyl halides is 6. The summed E-state index contributed by atoms with van der Waals surface area (Å²) in [5.41, 5.74) is 1.95. The molecule has 2 aliphatic heterocycles. The molecular formula is C51H53F6N7O9. The average Bonchev–Trinajstić information content (AvgIpc) is 3.80. The Kier molecular flexibility index (Phi) is 16.7. The Bertz CT molecular complexity index is 2730. The number of hydrogen-bond acceptors (Lipinski definition) is 11. The van der Waals surface area contributed by atoms with Crippen molar-refractivity contribution in [2.24, 2.45) is 11.8 Å². The van der Waals surface area contributed by atoms with E-state index in [0.717, 1.165) is 5.56 Å². The predicted molar refractivity (Wildman–Crippen MR) is 252 cm³/mol. The van der Waals surface area contributed by atoms with E-state index in [1.807, 2.05) is 36.4 Å². The number of aromatic nitrogens is 2. The molecule has 7 rings (SSSR count). The number of anilines is 2. The van der Waals surface area contributed by atoms with E-state index in [-0.39, 0.29) is 68.5 Å². The number of ketones is 1. The van der Waals surface area contributed by atoms with Crippen LogP contribution in [0.1, 0.15) is 68.9 Å². The third kappa shape index (κ3) is 15.1. The molecule has 0 unspecified atom stereocenters. The third-order valence-electron chi connectivity index (χ3n) is 10.9. The molecule has 1 aromatic heterocycles. The SMILES string of the molecule is CC(C)(C)OC(=O)N1CC(C(=O)N(Cc2ccc(-c3nnc(C(F)(F)F)o3)cc2)c2ccccc2)C1.CC(C)(C)OC(=O)N1CC(C(=O)N(Cc2ccc(C(=O)CNC(=O)C(F)(F)F)cc2)c2ccccc2)C1. The van der Waals surface area contributed by atoms with Crippen LogP contribution in [0, 0.1) is 11.8 Å². The van der Waals surface area contributed by atoms with Crippen molar-refractivity contribution in [1.82, 2.24) is 25.3 Å². The fourth-order valence-corrected chi connectivity index (χ4v) is 7.20. The Morgan fingerprint density at radius 2 is 1.01 bits per heavy atom. The van der Waals surface area contributed by atoms with Gasteiger partial charge in [0, 0.05) is 48.7 Å². The lowest BCUT2D eigenvalue weighted by Gasteiger charge is -2.41. The predicted octanol–water partition coefficient (Wildman–Crippen LogP) is 9.10. The molecule has 5 amide bonds. The monoisotopic (exact) mass is 1020 g/mol. The minimum absolute atomic E-state index is 0.121. The van der Waals surface area contributed by atoms with Crippen LogP contribution in [0.25, 0.3) is 11.5 Å². The maximum Gasteiger partial charge on any atom is 0.471 e. The van der Waals surface area contributed by atoms with Gasteiger partial charge in [-0.25, -0.2) is 9.59 Å². The normalized spacial score (nSPS) is 14.1. The number of nitrogens with zero attached hydrogens (tertiary/aromatic N) is 6. The molecule has 3 heterocycles. The molecule has 2 fully saturated rings. The highest BCUT2D eigenvalue weighted by atomic mass is 19.4. The van der Waals surface area contributed by atoms with Crippen molar-refractivity contribution in [2.45, 2.75) is 78.2 Å². The summed E-state index contributed by atoms with van der Waals surface area (Å²) < 4.78 is 90.6. The molecule has 0 saturated carbocycles. The molecule has 0 bridgehead atoms. The van der Waals surface area contributed by atoms with Gasteiger partial charge in [0.15, 0.2) is 5.78 Å². The summed E-state index contributed by atoms with van der Waals surface area (Å²) in [6.07, 6.45) is -10.7. The standard InChI is InChI=1S/C26H28F3N3O5.C25H25F3N4O4/c1-25(2,3)37-24(36)31-15-19(16-31)22(34)32(20-7-5-4-6-8-20)14-17-9-11-18(12-10-17)21(33)13-30-23(35)26(27,28)29;1-24(2,3)36-23(34)31-14-18(15-31)21(33)32(19-7-5-4-6-8-19)13-16-9-11-17(12-10-16)20-29-30-22(35-20)25(26,27)28/h4-12,19H,13-16H2,1-3H3,(H,30,35);4-12,18H,13-15H2,1-3H3. The summed E-state index contributed by atoms with van der Waals surface area (Å²) in [5.74, 6) is -5.64. The van der Waals surface area contributed by atoms with E-state index < -0.39 is 65.8 Å². The molecule has 0 spiro atoms. The largest absolute Gasteiger partial charge is 0.471 e. The first-order valence-corrected chi connectivity index (χ1v) is 22.8. The van der Waals surface area contributed by atoms with Gasteiger partial charge in [-0.3, -0.25) is 19.2 Å². The van der Waals surface area contributed by atoms with E-state index in [2.05, 4.69) is 10.2 Å². The lowest BCUT2D eigenvalue weighted by Crippen LogP contribution is -2.57. The fourth-order valence-electron chi connectivity index (χ4n) is 7.20. The Morgan fingerprint density at radius 3 is 1.38 bits per heavy atom. The third-order valence-corrected chi connectivity index (χ3v) is 10.9. The van der Waals surface area contributed by atoms with Gasteiger partial charge in [-0.05, 0) is 89.1 Å². The van der Waals surface area contributed by atoms with Gasteiger partial charge < -0.3 is 38.8 Å². The van der Waals surface area contributed by atoms with Crippen LogP contribution >= 0.6 is 0 Å². The molecule has 0 aliphatic carbocycles. The topological polar surface area (TPSA) is 185 Å². The van der Waals surface area contributed by atoms with Gasteiger partial charge in [0.2, 0.25) is 17.7 Å². The van der Waals surface area contributed by atoms with E-state index in [1.165, 1.54) is 21.9 Å². The highest BCUT2D eigenvalue weighted by Gasteiger charge is 2.42. The van der Waals surface area contributed by atoms with E-state index in [4.69, 9.17) is 13.9 Å². The molecular weight excluding hydrogens is 969 g/mol.